The molecule has 1 aliphatic carbocycles. The number of anilines is 1. The molecule has 11 heteroatoms. The predicted molar refractivity (Wildman–Crippen MR) is 121 cm³/mol. The van der Waals surface area contributed by atoms with Crippen molar-refractivity contribution in [2.45, 2.75) is 33.2 Å². The van der Waals surface area contributed by atoms with Crippen molar-refractivity contribution in [3.05, 3.63) is 29.0 Å². The number of carbonyl (C=O) groups excluding carboxylic acids is 4. The van der Waals surface area contributed by atoms with Crippen molar-refractivity contribution >= 4 is 29.6 Å². The smallest absolute Gasteiger partial charge is 0.340 e. The van der Waals surface area contributed by atoms with Crippen molar-refractivity contribution in [1.82, 2.24) is 10.6 Å². The molecule has 1 aromatic carbocycles. The highest BCUT2D eigenvalue weighted by Crippen LogP contribution is 2.40. The Morgan fingerprint density at radius 2 is 1.71 bits per heavy atom. The third kappa shape index (κ3) is 5.41. The van der Waals surface area contributed by atoms with Gasteiger partial charge in [-0.05, 0) is 26.2 Å². The van der Waals surface area contributed by atoms with Crippen LogP contribution in [0.5, 0.6) is 11.5 Å². The molecule has 34 heavy (non-hydrogen) atoms. The van der Waals surface area contributed by atoms with Gasteiger partial charge in [0.2, 0.25) is 5.91 Å². The van der Waals surface area contributed by atoms with Crippen LogP contribution in [0.1, 0.15) is 37.6 Å². The summed E-state index contributed by atoms with van der Waals surface area (Å²) in [6.45, 7) is 4.99. The van der Waals surface area contributed by atoms with E-state index in [1.54, 1.807) is 13.8 Å². The second-order valence-electron chi connectivity index (χ2n) is 8.07. The van der Waals surface area contributed by atoms with E-state index in [9.17, 15) is 19.2 Å². The standard InChI is InChI=1S/C23H29N3O8/c1-6-33-22(29)19-12(3)24-23(30)26-16(19)10-34-21(28)14-8-17(31-4)18(32-5)9-15(14)25-20(27)13-7-11(13)2/h8-9,11-13H,6-7,10H2,1-5H3,(H,25,27)(H2,24,26,30). The van der Waals surface area contributed by atoms with Gasteiger partial charge in [-0.15, -0.1) is 0 Å². The Bertz CT molecular complexity index is 1040. The van der Waals surface area contributed by atoms with Gasteiger partial charge in [0.15, 0.2) is 11.5 Å². The normalized spacial score (nSPS) is 21.1. The van der Waals surface area contributed by atoms with Crippen LogP contribution in [-0.4, -0.2) is 57.4 Å². The minimum Gasteiger partial charge on any atom is -0.493 e. The molecular formula is C23H29N3O8. The van der Waals surface area contributed by atoms with Gasteiger partial charge in [0, 0.05) is 18.1 Å². The number of hydrogen-bond donors (Lipinski definition) is 3. The van der Waals surface area contributed by atoms with Crippen LogP contribution < -0.4 is 25.4 Å². The number of carbonyl (C=O) groups is 4. The Kier molecular flexibility index (Phi) is 7.64. The third-order valence-electron chi connectivity index (χ3n) is 5.66. The van der Waals surface area contributed by atoms with Crippen LogP contribution in [-0.2, 0) is 19.1 Å². The molecule has 1 heterocycles. The van der Waals surface area contributed by atoms with E-state index in [1.807, 2.05) is 6.92 Å². The summed E-state index contributed by atoms with van der Waals surface area (Å²) in [6, 6.07) is 1.71. The van der Waals surface area contributed by atoms with Crippen LogP contribution in [0.15, 0.2) is 23.4 Å². The Balaban J connectivity index is 1.87. The van der Waals surface area contributed by atoms with Gasteiger partial charge in [-0.3, -0.25) is 4.79 Å². The summed E-state index contributed by atoms with van der Waals surface area (Å²) in [5.74, 6) is -0.898. The first-order chi connectivity index (χ1) is 16.2. The van der Waals surface area contributed by atoms with E-state index in [4.69, 9.17) is 18.9 Å². The predicted octanol–water partition coefficient (Wildman–Crippen LogP) is 1.97. The lowest BCUT2D eigenvalue weighted by Gasteiger charge is -2.26. The number of amides is 3. The van der Waals surface area contributed by atoms with E-state index in [2.05, 4.69) is 16.0 Å². The van der Waals surface area contributed by atoms with Crippen LogP contribution in [0.2, 0.25) is 0 Å². The first kappa shape index (κ1) is 24.9. The molecule has 3 atom stereocenters. The molecule has 1 aromatic rings. The molecule has 3 amide bonds. The SMILES string of the molecule is CCOC(=O)C1=C(COC(=O)c2cc(OC)c(OC)cc2NC(=O)C2CC2C)NC(=O)NC1C. The van der Waals surface area contributed by atoms with Crippen molar-refractivity contribution < 1.29 is 38.1 Å². The second-order valence-corrected chi connectivity index (χ2v) is 8.07. The topological polar surface area (TPSA) is 141 Å². The molecule has 0 saturated heterocycles. The molecule has 0 bridgehead atoms. The van der Waals surface area contributed by atoms with Crippen molar-refractivity contribution in [3.8, 4) is 11.5 Å². The van der Waals surface area contributed by atoms with Crippen molar-refractivity contribution in [2.75, 3.05) is 32.8 Å². The summed E-state index contributed by atoms with van der Waals surface area (Å²) < 4.78 is 21.0. The zero-order valence-electron chi connectivity index (χ0n) is 19.8. The molecule has 184 valence electrons. The van der Waals surface area contributed by atoms with Crippen LogP contribution in [0.25, 0.3) is 0 Å². The highest BCUT2D eigenvalue weighted by atomic mass is 16.5. The fourth-order valence-electron chi connectivity index (χ4n) is 3.67. The maximum Gasteiger partial charge on any atom is 0.340 e. The van der Waals surface area contributed by atoms with Crippen LogP contribution in [0.3, 0.4) is 0 Å². The van der Waals surface area contributed by atoms with Gasteiger partial charge in [-0.1, -0.05) is 6.92 Å². The van der Waals surface area contributed by atoms with Gasteiger partial charge in [-0.25, -0.2) is 14.4 Å². The fraction of sp³-hybridized carbons (Fsp3) is 0.478. The van der Waals surface area contributed by atoms with Gasteiger partial charge < -0.3 is 34.9 Å². The number of hydrogen-bond acceptors (Lipinski definition) is 8. The maximum absolute atomic E-state index is 13.0. The van der Waals surface area contributed by atoms with Gasteiger partial charge in [-0.2, -0.15) is 0 Å². The first-order valence-corrected chi connectivity index (χ1v) is 10.9. The Morgan fingerprint density at radius 1 is 1.06 bits per heavy atom. The van der Waals surface area contributed by atoms with Crippen LogP contribution in [0.4, 0.5) is 10.5 Å². The quantitative estimate of drug-likeness (QED) is 0.461. The number of urea groups is 1. The minimum absolute atomic E-state index is 0.0332. The molecule has 0 aromatic heterocycles. The summed E-state index contributed by atoms with van der Waals surface area (Å²) in [7, 11) is 2.86. The van der Waals surface area contributed by atoms with Crippen molar-refractivity contribution in [1.29, 1.82) is 0 Å². The van der Waals surface area contributed by atoms with Crippen LogP contribution >= 0.6 is 0 Å². The number of rotatable bonds is 9. The van der Waals surface area contributed by atoms with E-state index in [-0.39, 0.29) is 52.6 Å². The summed E-state index contributed by atoms with van der Waals surface area (Å²) in [4.78, 5) is 49.9. The molecule has 3 rings (SSSR count). The lowest BCUT2D eigenvalue weighted by Crippen LogP contribution is -2.50. The summed E-state index contributed by atoms with van der Waals surface area (Å²) >= 11 is 0. The van der Waals surface area contributed by atoms with E-state index in [0.717, 1.165) is 6.42 Å². The third-order valence-corrected chi connectivity index (χ3v) is 5.66. The molecule has 1 saturated carbocycles. The Hall–Kier alpha value is -3.76. The summed E-state index contributed by atoms with van der Waals surface area (Å²) in [6.07, 6.45) is 0.773. The highest BCUT2D eigenvalue weighted by Gasteiger charge is 2.39. The number of benzene rings is 1. The van der Waals surface area contributed by atoms with E-state index in [0.29, 0.717) is 5.75 Å². The number of esters is 2. The number of ether oxygens (including phenoxy) is 4. The molecule has 1 fully saturated rings. The van der Waals surface area contributed by atoms with E-state index >= 15 is 0 Å². The van der Waals surface area contributed by atoms with E-state index < -0.39 is 30.6 Å². The van der Waals surface area contributed by atoms with E-state index in [1.165, 1.54) is 26.4 Å². The second kappa shape index (κ2) is 10.4. The molecule has 11 nitrogen and oxygen atoms in total. The average Bonchev–Trinajstić information content (AvgIpc) is 3.53. The fourth-order valence-corrected chi connectivity index (χ4v) is 3.67. The largest absolute Gasteiger partial charge is 0.493 e. The average molecular weight is 475 g/mol. The van der Waals surface area contributed by atoms with Crippen molar-refractivity contribution in [3.63, 3.8) is 0 Å². The molecule has 3 unspecified atom stereocenters. The molecule has 3 N–H and O–H groups in total. The van der Waals surface area contributed by atoms with Gasteiger partial charge in [0.1, 0.15) is 6.61 Å². The lowest BCUT2D eigenvalue weighted by molar-refractivity contribution is -0.139. The zero-order chi connectivity index (χ0) is 25.0. The lowest BCUT2D eigenvalue weighted by atomic mass is 10.0. The molecule has 0 radical (unpaired) electrons. The van der Waals surface area contributed by atoms with Gasteiger partial charge in [0.05, 0.1) is 49.4 Å². The molecule has 2 aliphatic rings. The maximum atomic E-state index is 13.0. The Morgan fingerprint density at radius 3 is 2.29 bits per heavy atom. The number of nitrogens with one attached hydrogen (secondary N) is 3. The van der Waals surface area contributed by atoms with Crippen LogP contribution in [0, 0.1) is 11.8 Å². The highest BCUT2D eigenvalue weighted by molar-refractivity contribution is 6.03. The van der Waals surface area contributed by atoms with Gasteiger partial charge in [0.25, 0.3) is 0 Å². The Labute approximate surface area is 197 Å². The first-order valence-electron chi connectivity index (χ1n) is 10.9. The molecular weight excluding hydrogens is 446 g/mol. The van der Waals surface area contributed by atoms with Crippen molar-refractivity contribution in [2.24, 2.45) is 11.8 Å². The summed E-state index contributed by atoms with van der Waals surface area (Å²) in [5, 5.41) is 7.83. The minimum atomic E-state index is -0.795. The summed E-state index contributed by atoms with van der Waals surface area (Å²) in [5.41, 5.74) is 0.499. The monoisotopic (exact) mass is 475 g/mol. The number of methoxy groups -OCH3 is 2. The van der Waals surface area contributed by atoms with Gasteiger partial charge >= 0.3 is 18.0 Å². The molecule has 1 aliphatic heterocycles. The molecule has 0 spiro atoms. The zero-order valence-corrected chi connectivity index (χ0v) is 19.8.